The van der Waals surface area contributed by atoms with Gasteiger partial charge in [-0.2, -0.15) is 0 Å². The molecule has 0 radical (unpaired) electrons. The van der Waals surface area contributed by atoms with E-state index in [9.17, 15) is 43.2 Å². The quantitative estimate of drug-likeness (QED) is 0.164. The molecule has 3 N–H and O–H groups in total. The summed E-state index contributed by atoms with van der Waals surface area (Å²) >= 11 is 0. The third kappa shape index (κ3) is 11.2. The van der Waals surface area contributed by atoms with Crippen LogP contribution < -0.4 is 16.0 Å². The molecule has 7 amide bonds. The summed E-state index contributed by atoms with van der Waals surface area (Å²) in [6.07, 6.45) is 4.61. The fourth-order valence-corrected chi connectivity index (χ4v) is 3.54. The van der Waals surface area contributed by atoms with Crippen LogP contribution in [0.15, 0.2) is 24.3 Å². The summed E-state index contributed by atoms with van der Waals surface area (Å²) in [6.45, 7) is 0.00420. The number of carbonyl (C=O) groups excluding carboxylic acids is 9. The van der Waals surface area contributed by atoms with Crippen molar-refractivity contribution in [1.29, 1.82) is 0 Å². The molecule has 0 bridgehead atoms. The summed E-state index contributed by atoms with van der Waals surface area (Å²) in [5.74, 6) is -3.62. The number of nitrogens with one attached hydrogen (secondary N) is 3. The molecule has 0 saturated carbocycles. The number of nitrogens with zero attached hydrogens (tertiary/aromatic N) is 2. The normalized spacial score (nSPS) is 14.3. The van der Waals surface area contributed by atoms with Gasteiger partial charge in [-0.1, -0.05) is 0 Å². The number of hydrogen-bond acceptors (Lipinski definition) is 9. The largest absolute Gasteiger partial charge is 0.356 e. The van der Waals surface area contributed by atoms with Crippen LogP contribution in [-0.2, 0) is 43.2 Å². The Morgan fingerprint density at radius 3 is 1.56 bits per heavy atom. The van der Waals surface area contributed by atoms with Gasteiger partial charge in [-0.05, 0) is 6.42 Å². The van der Waals surface area contributed by atoms with Gasteiger partial charge in [0.25, 0.3) is 23.6 Å². The topological polar surface area (TPSA) is 196 Å². The van der Waals surface area contributed by atoms with Gasteiger partial charge in [-0.25, -0.2) is 0 Å². The van der Waals surface area contributed by atoms with Crippen LogP contribution in [0.2, 0.25) is 0 Å². The molecule has 0 aliphatic carbocycles. The molecule has 0 aromatic rings. The smallest absolute Gasteiger partial charge is 0.253 e. The van der Waals surface area contributed by atoms with E-state index in [1.54, 1.807) is 0 Å². The molecule has 14 heteroatoms. The van der Waals surface area contributed by atoms with Gasteiger partial charge >= 0.3 is 0 Å². The van der Waals surface area contributed by atoms with Crippen molar-refractivity contribution in [2.24, 2.45) is 0 Å². The molecule has 0 saturated heterocycles. The third-order valence-corrected chi connectivity index (χ3v) is 5.71. The van der Waals surface area contributed by atoms with Gasteiger partial charge in [0.1, 0.15) is 5.78 Å². The van der Waals surface area contributed by atoms with Crippen LogP contribution in [0.5, 0.6) is 0 Å². The molecular formula is C25H31N5O9. The van der Waals surface area contributed by atoms with Crippen molar-refractivity contribution in [2.45, 2.75) is 44.9 Å². The highest BCUT2D eigenvalue weighted by Gasteiger charge is 2.23. The van der Waals surface area contributed by atoms with E-state index < -0.39 is 35.4 Å². The minimum Gasteiger partial charge on any atom is -0.356 e. The fraction of sp³-hybridized carbons (Fsp3) is 0.480. The summed E-state index contributed by atoms with van der Waals surface area (Å²) < 4.78 is 0. The lowest BCUT2D eigenvalue weighted by Crippen LogP contribution is -2.39. The van der Waals surface area contributed by atoms with Gasteiger partial charge in [-0.3, -0.25) is 53.0 Å². The predicted molar refractivity (Wildman–Crippen MR) is 133 cm³/mol. The Balaban J connectivity index is 1.45. The maximum Gasteiger partial charge on any atom is 0.253 e. The predicted octanol–water partition coefficient (Wildman–Crippen LogP) is -1.95. The first-order chi connectivity index (χ1) is 18.6. The Morgan fingerprint density at radius 2 is 0.974 bits per heavy atom. The van der Waals surface area contributed by atoms with E-state index in [1.807, 2.05) is 0 Å². The zero-order valence-corrected chi connectivity index (χ0v) is 21.4. The van der Waals surface area contributed by atoms with Crippen LogP contribution in [0.1, 0.15) is 44.9 Å². The molecular weight excluding hydrogens is 514 g/mol. The standard InChI is InChI=1S/C25H31N5O9/c31-17(2-1-14-29-22(36)7-8-23(29)37)3-5-20(34)28-16-18(32)4-6-19(33)26-12-11-21(35)27-13-15-30-24(38)9-10-25(30)39/h7-10H,1-6,11-16H2,(H,26,33)(H,27,35)(H,28,34). The molecule has 0 atom stereocenters. The van der Waals surface area contributed by atoms with E-state index in [2.05, 4.69) is 16.0 Å². The van der Waals surface area contributed by atoms with Gasteiger partial charge in [0.2, 0.25) is 17.7 Å². The van der Waals surface area contributed by atoms with Crippen molar-refractivity contribution in [2.75, 3.05) is 32.7 Å². The lowest BCUT2D eigenvalue weighted by molar-refractivity contribution is -0.138. The highest BCUT2D eigenvalue weighted by Crippen LogP contribution is 2.07. The lowest BCUT2D eigenvalue weighted by Gasteiger charge is -2.14. The number of carbonyl (C=O) groups is 9. The summed E-state index contributed by atoms with van der Waals surface area (Å²) in [4.78, 5) is 107. The monoisotopic (exact) mass is 545 g/mol. The van der Waals surface area contributed by atoms with Crippen molar-refractivity contribution in [1.82, 2.24) is 25.8 Å². The van der Waals surface area contributed by atoms with Gasteiger partial charge in [-0.15, -0.1) is 0 Å². The van der Waals surface area contributed by atoms with Crippen LogP contribution in [0.25, 0.3) is 0 Å². The Hall–Kier alpha value is -4.49. The molecule has 2 aliphatic heterocycles. The van der Waals surface area contributed by atoms with Crippen LogP contribution in [0.4, 0.5) is 0 Å². The van der Waals surface area contributed by atoms with Crippen LogP contribution in [0, 0.1) is 0 Å². The first kappa shape index (κ1) is 30.7. The first-order valence-corrected chi connectivity index (χ1v) is 12.5. The van der Waals surface area contributed by atoms with Gasteiger partial charge < -0.3 is 16.0 Å². The zero-order chi connectivity index (χ0) is 28.8. The highest BCUT2D eigenvalue weighted by molar-refractivity contribution is 6.13. The molecule has 14 nitrogen and oxygen atoms in total. The maximum atomic E-state index is 11.9. The average molecular weight is 546 g/mol. The number of Topliss-reactive ketones (excluding diaryl/α,β-unsaturated/α-hetero) is 2. The Morgan fingerprint density at radius 1 is 0.513 bits per heavy atom. The van der Waals surface area contributed by atoms with E-state index in [-0.39, 0.29) is 88.7 Å². The second-order valence-electron chi connectivity index (χ2n) is 8.73. The van der Waals surface area contributed by atoms with Crippen molar-refractivity contribution < 1.29 is 43.2 Å². The SMILES string of the molecule is O=C(CCCN1C(=O)C=CC1=O)CCC(=O)NCC(=O)CCC(=O)NCCC(=O)NCCN1C(=O)C=CC1=O. The minimum absolute atomic E-state index is 0.0275. The third-order valence-electron chi connectivity index (χ3n) is 5.71. The molecule has 0 fully saturated rings. The molecule has 2 rings (SSSR count). The summed E-state index contributed by atoms with van der Waals surface area (Å²) in [5, 5.41) is 7.43. The maximum absolute atomic E-state index is 11.9. The Labute approximate surface area is 224 Å². The number of hydrogen-bond donors (Lipinski definition) is 3. The van der Waals surface area contributed by atoms with Crippen LogP contribution in [-0.4, -0.2) is 95.4 Å². The molecule has 0 aromatic heterocycles. The fourth-order valence-electron chi connectivity index (χ4n) is 3.54. The lowest BCUT2D eigenvalue weighted by atomic mass is 10.1. The van der Waals surface area contributed by atoms with Crippen LogP contribution >= 0.6 is 0 Å². The molecule has 210 valence electrons. The van der Waals surface area contributed by atoms with E-state index in [0.29, 0.717) is 6.42 Å². The second kappa shape index (κ2) is 15.7. The summed E-state index contributed by atoms with van der Waals surface area (Å²) in [7, 11) is 0. The van der Waals surface area contributed by atoms with E-state index in [0.717, 1.165) is 34.1 Å². The minimum atomic E-state index is -0.490. The zero-order valence-electron chi connectivity index (χ0n) is 21.4. The summed E-state index contributed by atoms with van der Waals surface area (Å²) in [6, 6.07) is 0. The average Bonchev–Trinajstić information content (AvgIpc) is 3.39. The van der Waals surface area contributed by atoms with E-state index in [4.69, 9.17) is 0 Å². The molecule has 0 aromatic carbocycles. The Bertz CT molecular complexity index is 1060. The number of imide groups is 2. The van der Waals surface area contributed by atoms with Gasteiger partial charge in [0.15, 0.2) is 5.78 Å². The van der Waals surface area contributed by atoms with E-state index >= 15 is 0 Å². The van der Waals surface area contributed by atoms with Crippen molar-refractivity contribution in [3.8, 4) is 0 Å². The molecule has 39 heavy (non-hydrogen) atoms. The van der Waals surface area contributed by atoms with Crippen molar-refractivity contribution >= 4 is 52.9 Å². The Kier molecular flexibility index (Phi) is 12.4. The molecule has 0 unspecified atom stereocenters. The number of rotatable bonds is 18. The molecule has 0 spiro atoms. The first-order valence-electron chi connectivity index (χ1n) is 12.5. The van der Waals surface area contributed by atoms with Crippen molar-refractivity contribution in [3.05, 3.63) is 24.3 Å². The summed E-state index contributed by atoms with van der Waals surface area (Å²) in [5.41, 5.74) is 0. The van der Waals surface area contributed by atoms with Gasteiger partial charge in [0, 0.05) is 89.0 Å². The molecule has 2 heterocycles. The van der Waals surface area contributed by atoms with Crippen LogP contribution in [0.3, 0.4) is 0 Å². The molecule has 2 aliphatic rings. The number of ketones is 2. The van der Waals surface area contributed by atoms with Crippen molar-refractivity contribution in [3.63, 3.8) is 0 Å². The highest BCUT2D eigenvalue weighted by atomic mass is 16.2. The van der Waals surface area contributed by atoms with Gasteiger partial charge in [0.05, 0.1) is 6.54 Å². The second-order valence-corrected chi connectivity index (χ2v) is 8.73. The number of amides is 7. The van der Waals surface area contributed by atoms with E-state index in [1.165, 1.54) is 0 Å².